The Bertz CT molecular complexity index is 691. The Morgan fingerprint density at radius 3 is 2.77 bits per heavy atom. The molecule has 0 bridgehead atoms. The van der Waals surface area contributed by atoms with Gasteiger partial charge in [0, 0.05) is 19.6 Å². The average molecular weight is 488 g/mol. The summed E-state index contributed by atoms with van der Waals surface area (Å²) < 4.78 is 1.99. The molecule has 2 aromatic heterocycles. The number of rotatable bonds is 6. The molecule has 2 aromatic rings. The molecule has 2 N–H and O–H groups in total. The first-order chi connectivity index (χ1) is 12.1. The van der Waals surface area contributed by atoms with Gasteiger partial charge in [-0.3, -0.25) is 0 Å². The number of thiophene rings is 1. The Balaban J connectivity index is 0.00000243. The Kier molecular flexibility index (Phi) is 8.33. The van der Waals surface area contributed by atoms with E-state index in [0.29, 0.717) is 18.5 Å². The molecule has 2 heterocycles. The van der Waals surface area contributed by atoms with Crippen LogP contribution in [0, 0.1) is 6.92 Å². The number of aryl methyl sites for hydroxylation is 1. The van der Waals surface area contributed by atoms with E-state index in [1.165, 1.54) is 31.2 Å². The minimum Gasteiger partial charge on any atom is -0.356 e. The minimum absolute atomic E-state index is 0. The van der Waals surface area contributed by atoms with Gasteiger partial charge in [-0.2, -0.15) is 11.3 Å². The lowest BCUT2D eigenvalue weighted by molar-refractivity contribution is 0.602. The molecular weight excluding hydrogens is 459 g/mol. The summed E-state index contributed by atoms with van der Waals surface area (Å²) in [5, 5.41) is 19.8. The summed E-state index contributed by atoms with van der Waals surface area (Å²) in [7, 11) is 1.98. The zero-order chi connectivity index (χ0) is 17.6. The molecule has 1 aliphatic rings. The standard InChI is InChI=1S/C18H28N6S.HI/c1-13(15-8-9-25-12-15)10-19-18(21-16-6-4-5-7-16)20-11-17-23-22-14(2)24(17)3;/h8-9,12-13,16H,4-7,10-11H2,1-3H3,(H2,19,20,21);1H. The Labute approximate surface area is 176 Å². The van der Waals surface area contributed by atoms with E-state index in [4.69, 9.17) is 4.99 Å². The van der Waals surface area contributed by atoms with Crippen LogP contribution in [0.1, 0.15) is 55.7 Å². The van der Waals surface area contributed by atoms with E-state index in [1.807, 2.05) is 18.5 Å². The lowest BCUT2D eigenvalue weighted by Gasteiger charge is -2.19. The van der Waals surface area contributed by atoms with E-state index < -0.39 is 0 Å². The van der Waals surface area contributed by atoms with Crippen molar-refractivity contribution in [2.24, 2.45) is 12.0 Å². The van der Waals surface area contributed by atoms with E-state index in [9.17, 15) is 0 Å². The number of hydrogen-bond donors (Lipinski definition) is 2. The number of guanidine groups is 1. The second-order valence-corrected chi connectivity index (χ2v) is 7.63. The van der Waals surface area contributed by atoms with Crippen LogP contribution in [-0.4, -0.2) is 33.3 Å². The maximum absolute atomic E-state index is 4.76. The van der Waals surface area contributed by atoms with Crippen molar-refractivity contribution in [2.45, 2.75) is 58.0 Å². The number of aliphatic imine (C=N–C) groups is 1. The largest absolute Gasteiger partial charge is 0.356 e. The number of halogens is 1. The molecule has 0 spiro atoms. The first-order valence-electron chi connectivity index (χ1n) is 9.05. The fraction of sp³-hybridized carbons (Fsp3) is 0.611. The maximum atomic E-state index is 4.76. The SMILES string of the molecule is Cc1nnc(CN=C(NCC(C)c2ccsc2)NC2CCCC2)n1C.I. The van der Waals surface area contributed by atoms with E-state index >= 15 is 0 Å². The van der Waals surface area contributed by atoms with Crippen molar-refractivity contribution in [3.63, 3.8) is 0 Å². The second kappa shape index (κ2) is 10.2. The summed E-state index contributed by atoms with van der Waals surface area (Å²) in [5.74, 6) is 3.14. The molecule has 3 rings (SSSR count). The number of aromatic nitrogens is 3. The summed E-state index contributed by atoms with van der Waals surface area (Å²) in [6, 6.07) is 2.73. The van der Waals surface area contributed by atoms with E-state index in [0.717, 1.165) is 24.2 Å². The summed E-state index contributed by atoms with van der Waals surface area (Å²) >= 11 is 1.75. The van der Waals surface area contributed by atoms with Gasteiger partial charge < -0.3 is 15.2 Å². The highest BCUT2D eigenvalue weighted by Crippen LogP contribution is 2.18. The molecule has 0 aromatic carbocycles. The molecule has 1 fully saturated rings. The molecule has 1 saturated carbocycles. The summed E-state index contributed by atoms with van der Waals surface area (Å²) in [5.41, 5.74) is 1.38. The van der Waals surface area contributed by atoms with Gasteiger partial charge in [-0.25, -0.2) is 4.99 Å². The highest BCUT2D eigenvalue weighted by atomic mass is 127. The van der Waals surface area contributed by atoms with Gasteiger partial charge in [-0.1, -0.05) is 19.8 Å². The molecule has 0 saturated heterocycles. The average Bonchev–Trinajstić information content (AvgIpc) is 3.35. The molecular formula is C18H29IN6S. The number of hydrogen-bond acceptors (Lipinski definition) is 4. The second-order valence-electron chi connectivity index (χ2n) is 6.85. The predicted octanol–water partition coefficient (Wildman–Crippen LogP) is 3.58. The fourth-order valence-electron chi connectivity index (χ4n) is 3.08. The van der Waals surface area contributed by atoms with Crippen LogP contribution in [0.2, 0.25) is 0 Å². The van der Waals surface area contributed by atoms with Gasteiger partial charge in [0.2, 0.25) is 0 Å². The zero-order valence-electron chi connectivity index (χ0n) is 15.7. The monoisotopic (exact) mass is 488 g/mol. The van der Waals surface area contributed by atoms with Crippen LogP contribution in [0.15, 0.2) is 21.8 Å². The van der Waals surface area contributed by atoms with Crippen LogP contribution in [0.25, 0.3) is 0 Å². The van der Waals surface area contributed by atoms with Gasteiger partial charge in [-0.05, 0) is 48.1 Å². The molecule has 26 heavy (non-hydrogen) atoms. The van der Waals surface area contributed by atoms with E-state index in [-0.39, 0.29) is 24.0 Å². The lowest BCUT2D eigenvalue weighted by Crippen LogP contribution is -2.43. The van der Waals surface area contributed by atoms with Gasteiger partial charge in [0.1, 0.15) is 12.4 Å². The Morgan fingerprint density at radius 2 is 2.15 bits per heavy atom. The highest BCUT2D eigenvalue weighted by molar-refractivity contribution is 14.0. The van der Waals surface area contributed by atoms with E-state index in [1.54, 1.807) is 11.3 Å². The topological polar surface area (TPSA) is 67.1 Å². The van der Waals surface area contributed by atoms with Crippen molar-refractivity contribution in [1.82, 2.24) is 25.4 Å². The van der Waals surface area contributed by atoms with Gasteiger partial charge in [-0.15, -0.1) is 34.2 Å². The van der Waals surface area contributed by atoms with Crippen molar-refractivity contribution < 1.29 is 0 Å². The molecule has 1 aliphatic carbocycles. The van der Waals surface area contributed by atoms with Crippen LogP contribution >= 0.6 is 35.3 Å². The van der Waals surface area contributed by atoms with Gasteiger partial charge >= 0.3 is 0 Å². The molecule has 6 nitrogen and oxygen atoms in total. The van der Waals surface area contributed by atoms with Crippen molar-refractivity contribution in [1.29, 1.82) is 0 Å². The summed E-state index contributed by atoms with van der Waals surface area (Å²) in [4.78, 5) is 4.76. The van der Waals surface area contributed by atoms with Crippen LogP contribution in [0.4, 0.5) is 0 Å². The Hall–Kier alpha value is -1.16. The molecule has 144 valence electrons. The third kappa shape index (κ3) is 5.67. The number of nitrogens with zero attached hydrogens (tertiary/aromatic N) is 4. The first kappa shape index (κ1) is 21.1. The molecule has 0 radical (unpaired) electrons. The minimum atomic E-state index is 0. The highest BCUT2D eigenvalue weighted by Gasteiger charge is 2.17. The first-order valence-corrected chi connectivity index (χ1v) is 9.99. The maximum Gasteiger partial charge on any atom is 0.191 e. The van der Waals surface area contributed by atoms with Gasteiger partial charge in [0.15, 0.2) is 11.8 Å². The van der Waals surface area contributed by atoms with Crippen molar-refractivity contribution in [3.05, 3.63) is 34.0 Å². The molecule has 0 aliphatic heterocycles. The summed E-state index contributed by atoms with van der Waals surface area (Å²) in [6.07, 6.45) is 5.06. The molecule has 1 unspecified atom stereocenters. The third-order valence-corrected chi connectivity index (χ3v) is 5.65. The van der Waals surface area contributed by atoms with Crippen molar-refractivity contribution >= 4 is 41.3 Å². The molecule has 8 heteroatoms. The van der Waals surface area contributed by atoms with Crippen LogP contribution in [0.3, 0.4) is 0 Å². The normalized spacial score (nSPS) is 16.3. The smallest absolute Gasteiger partial charge is 0.191 e. The molecule has 0 amide bonds. The lowest BCUT2D eigenvalue weighted by atomic mass is 10.1. The van der Waals surface area contributed by atoms with Crippen molar-refractivity contribution in [2.75, 3.05) is 6.54 Å². The van der Waals surface area contributed by atoms with Gasteiger partial charge in [0.25, 0.3) is 0 Å². The van der Waals surface area contributed by atoms with Crippen molar-refractivity contribution in [3.8, 4) is 0 Å². The summed E-state index contributed by atoms with van der Waals surface area (Å²) in [6.45, 7) is 5.60. The fourth-order valence-corrected chi connectivity index (χ4v) is 3.86. The predicted molar refractivity (Wildman–Crippen MR) is 118 cm³/mol. The third-order valence-electron chi connectivity index (χ3n) is 4.95. The Morgan fingerprint density at radius 1 is 1.38 bits per heavy atom. The molecule has 1 atom stereocenters. The number of nitrogens with one attached hydrogen (secondary N) is 2. The zero-order valence-corrected chi connectivity index (χ0v) is 18.9. The van der Waals surface area contributed by atoms with Crippen LogP contribution < -0.4 is 10.6 Å². The van der Waals surface area contributed by atoms with E-state index in [2.05, 4.69) is 44.6 Å². The van der Waals surface area contributed by atoms with Crippen LogP contribution in [0.5, 0.6) is 0 Å². The van der Waals surface area contributed by atoms with Crippen LogP contribution in [-0.2, 0) is 13.6 Å². The van der Waals surface area contributed by atoms with Gasteiger partial charge in [0.05, 0.1) is 0 Å². The quantitative estimate of drug-likeness (QED) is 0.371.